The molecule has 2 aromatic rings. The smallest absolute Gasteiger partial charge is 0.303 e. The summed E-state index contributed by atoms with van der Waals surface area (Å²) in [5, 5.41) is 9.31. The number of furan rings is 1. The molecule has 0 amide bonds. The van der Waals surface area contributed by atoms with Gasteiger partial charge in [0, 0.05) is 29.5 Å². The van der Waals surface area contributed by atoms with Gasteiger partial charge in [-0.2, -0.15) is 0 Å². The van der Waals surface area contributed by atoms with Crippen LogP contribution in [0.4, 0.5) is 4.39 Å². The van der Waals surface area contributed by atoms with Gasteiger partial charge in [-0.1, -0.05) is 0 Å². The monoisotopic (exact) mass is 237 g/mol. The second-order valence-corrected chi connectivity index (χ2v) is 3.87. The largest absolute Gasteiger partial charge is 0.481 e. The average Bonchev–Trinajstić information content (AvgIpc) is 2.71. The van der Waals surface area contributed by atoms with E-state index < -0.39 is 17.8 Å². The number of nitrogens with two attached hydrogens (primary N) is 1. The molecule has 90 valence electrons. The Kier molecular flexibility index (Phi) is 3.10. The number of carboxylic acids is 1. The standard InChI is InChI=1S/C12H12FNO3/c13-9-6-11-7(3-4-17-11)5-8(9)10(14)1-2-12(15)16/h3-6,10H,1-2,14H2,(H,15,16). The number of benzene rings is 1. The maximum atomic E-state index is 13.7. The third-order valence-electron chi connectivity index (χ3n) is 2.64. The second-order valence-electron chi connectivity index (χ2n) is 3.87. The van der Waals surface area contributed by atoms with Gasteiger partial charge < -0.3 is 15.3 Å². The van der Waals surface area contributed by atoms with E-state index in [1.165, 1.54) is 12.3 Å². The van der Waals surface area contributed by atoms with Crippen molar-refractivity contribution in [1.82, 2.24) is 0 Å². The summed E-state index contributed by atoms with van der Waals surface area (Å²) < 4.78 is 18.7. The third kappa shape index (κ3) is 2.45. The second kappa shape index (κ2) is 4.55. The summed E-state index contributed by atoms with van der Waals surface area (Å²) >= 11 is 0. The molecule has 1 unspecified atom stereocenters. The Labute approximate surface area is 96.8 Å². The van der Waals surface area contributed by atoms with E-state index in [-0.39, 0.29) is 12.8 Å². The number of aliphatic carboxylic acids is 1. The molecule has 1 heterocycles. The first-order chi connectivity index (χ1) is 8.08. The Balaban J connectivity index is 2.27. The summed E-state index contributed by atoms with van der Waals surface area (Å²) in [5.41, 5.74) is 6.54. The Morgan fingerprint density at radius 2 is 2.29 bits per heavy atom. The SMILES string of the molecule is NC(CCC(=O)O)c1cc2ccoc2cc1F. The zero-order valence-corrected chi connectivity index (χ0v) is 9.02. The molecule has 0 spiro atoms. The molecule has 0 saturated heterocycles. The minimum atomic E-state index is -0.940. The van der Waals surface area contributed by atoms with Gasteiger partial charge in [0.25, 0.3) is 0 Å². The topological polar surface area (TPSA) is 76.5 Å². The highest BCUT2D eigenvalue weighted by molar-refractivity contribution is 5.78. The predicted molar refractivity (Wildman–Crippen MR) is 60.0 cm³/mol. The molecule has 3 N–H and O–H groups in total. The fourth-order valence-corrected chi connectivity index (χ4v) is 1.72. The van der Waals surface area contributed by atoms with Crippen molar-refractivity contribution in [2.75, 3.05) is 0 Å². The van der Waals surface area contributed by atoms with Crippen molar-refractivity contribution < 1.29 is 18.7 Å². The van der Waals surface area contributed by atoms with E-state index >= 15 is 0 Å². The average molecular weight is 237 g/mol. The van der Waals surface area contributed by atoms with Crippen molar-refractivity contribution >= 4 is 16.9 Å². The van der Waals surface area contributed by atoms with Gasteiger partial charge in [-0.25, -0.2) is 4.39 Å². The predicted octanol–water partition coefficient (Wildman–Crippen LogP) is 2.44. The molecule has 0 aliphatic carbocycles. The zero-order valence-electron chi connectivity index (χ0n) is 9.02. The molecule has 1 aromatic carbocycles. The van der Waals surface area contributed by atoms with Crippen molar-refractivity contribution in [3.63, 3.8) is 0 Å². The number of fused-ring (bicyclic) bond motifs is 1. The maximum Gasteiger partial charge on any atom is 0.303 e. The highest BCUT2D eigenvalue weighted by Gasteiger charge is 2.14. The van der Waals surface area contributed by atoms with Gasteiger partial charge in [-0.15, -0.1) is 0 Å². The molecule has 4 nitrogen and oxygen atoms in total. The van der Waals surface area contributed by atoms with Gasteiger partial charge >= 0.3 is 5.97 Å². The normalized spacial score (nSPS) is 12.8. The first kappa shape index (κ1) is 11.6. The molecule has 2 rings (SSSR count). The van der Waals surface area contributed by atoms with E-state index in [9.17, 15) is 9.18 Å². The zero-order chi connectivity index (χ0) is 12.4. The van der Waals surface area contributed by atoms with Crippen molar-refractivity contribution in [2.45, 2.75) is 18.9 Å². The molecule has 1 aromatic heterocycles. The first-order valence-electron chi connectivity index (χ1n) is 5.22. The molecule has 0 saturated carbocycles. The van der Waals surface area contributed by atoms with Crippen LogP contribution in [0.5, 0.6) is 0 Å². The van der Waals surface area contributed by atoms with Crippen molar-refractivity contribution in [3.8, 4) is 0 Å². The van der Waals surface area contributed by atoms with Crippen LogP contribution in [0, 0.1) is 5.82 Å². The molecule has 17 heavy (non-hydrogen) atoms. The molecular weight excluding hydrogens is 225 g/mol. The lowest BCUT2D eigenvalue weighted by atomic mass is 10.0. The van der Waals surface area contributed by atoms with Crippen molar-refractivity contribution in [3.05, 3.63) is 35.8 Å². The van der Waals surface area contributed by atoms with E-state index in [2.05, 4.69) is 0 Å². The minimum absolute atomic E-state index is 0.0793. The number of rotatable bonds is 4. The summed E-state index contributed by atoms with van der Waals surface area (Å²) in [5.74, 6) is -1.41. The minimum Gasteiger partial charge on any atom is -0.481 e. The Hall–Kier alpha value is -1.88. The fourth-order valence-electron chi connectivity index (χ4n) is 1.72. The van der Waals surface area contributed by atoms with Crippen LogP contribution >= 0.6 is 0 Å². The molecule has 1 atom stereocenters. The lowest BCUT2D eigenvalue weighted by molar-refractivity contribution is -0.137. The summed E-state index contributed by atoms with van der Waals surface area (Å²) in [6, 6.07) is 3.96. The van der Waals surface area contributed by atoms with Crippen molar-refractivity contribution in [1.29, 1.82) is 0 Å². The van der Waals surface area contributed by atoms with E-state index in [0.29, 0.717) is 11.1 Å². The Bertz CT molecular complexity index is 550. The molecule has 0 aliphatic heterocycles. The first-order valence-corrected chi connectivity index (χ1v) is 5.22. The summed E-state index contributed by atoms with van der Waals surface area (Å²) in [6.07, 6.45) is 1.59. The molecule has 0 aliphatic rings. The van der Waals surface area contributed by atoms with Crippen LogP contribution in [0.25, 0.3) is 11.0 Å². The van der Waals surface area contributed by atoms with Gasteiger partial charge in [0.15, 0.2) is 0 Å². The lowest BCUT2D eigenvalue weighted by Gasteiger charge is -2.11. The van der Waals surface area contributed by atoms with Crippen LogP contribution in [0.15, 0.2) is 28.9 Å². The number of carboxylic acid groups (broad SMARTS) is 1. The van der Waals surface area contributed by atoms with Crippen LogP contribution in [0.1, 0.15) is 24.4 Å². The molecule has 5 heteroatoms. The Morgan fingerprint density at radius 3 is 3.00 bits per heavy atom. The van der Waals surface area contributed by atoms with Gasteiger partial charge in [0.1, 0.15) is 11.4 Å². The van der Waals surface area contributed by atoms with Gasteiger partial charge in [-0.3, -0.25) is 4.79 Å². The van der Waals surface area contributed by atoms with E-state index in [1.54, 1.807) is 12.1 Å². The Morgan fingerprint density at radius 1 is 1.53 bits per heavy atom. The maximum absolute atomic E-state index is 13.7. The molecule has 0 fully saturated rings. The number of hydrogen-bond donors (Lipinski definition) is 2. The number of hydrogen-bond acceptors (Lipinski definition) is 3. The number of halogens is 1. The highest BCUT2D eigenvalue weighted by Crippen LogP contribution is 2.25. The fraction of sp³-hybridized carbons (Fsp3) is 0.250. The highest BCUT2D eigenvalue weighted by atomic mass is 19.1. The van der Waals surface area contributed by atoms with Gasteiger partial charge in [0.2, 0.25) is 0 Å². The van der Waals surface area contributed by atoms with Crippen LogP contribution in [-0.4, -0.2) is 11.1 Å². The summed E-state index contributed by atoms with van der Waals surface area (Å²) in [4.78, 5) is 10.4. The van der Waals surface area contributed by atoms with Gasteiger partial charge in [0.05, 0.1) is 6.26 Å². The van der Waals surface area contributed by atoms with E-state index in [1.807, 2.05) is 0 Å². The molecule has 0 bridgehead atoms. The van der Waals surface area contributed by atoms with Crippen molar-refractivity contribution in [2.24, 2.45) is 5.73 Å². The van der Waals surface area contributed by atoms with Crippen LogP contribution in [0.3, 0.4) is 0 Å². The van der Waals surface area contributed by atoms with Crippen LogP contribution < -0.4 is 5.73 Å². The van der Waals surface area contributed by atoms with Crippen LogP contribution in [-0.2, 0) is 4.79 Å². The molecule has 0 radical (unpaired) electrons. The lowest BCUT2D eigenvalue weighted by Crippen LogP contribution is -2.13. The van der Waals surface area contributed by atoms with E-state index in [0.717, 1.165) is 5.39 Å². The summed E-state index contributed by atoms with van der Waals surface area (Å²) in [6.45, 7) is 0. The summed E-state index contributed by atoms with van der Waals surface area (Å²) in [7, 11) is 0. The van der Waals surface area contributed by atoms with E-state index in [4.69, 9.17) is 15.3 Å². The quantitative estimate of drug-likeness (QED) is 0.856. The van der Waals surface area contributed by atoms with Gasteiger partial charge in [-0.05, 0) is 18.6 Å². The third-order valence-corrected chi connectivity index (χ3v) is 2.64. The van der Waals surface area contributed by atoms with Crippen LogP contribution in [0.2, 0.25) is 0 Å². The molecular formula is C12H12FNO3. The number of carbonyl (C=O) groups is 1.